The van der Waals surface area contributed by atoms with E-state index in [-0.39, 0.29) is 0 Å². The van der Waals surface area contributed by atoms with Crippen LogP contribution < -0.4 is 5.73 Å². The monoisotopic (exact) mass is 125 g/mol. The number of hydrogen-bond donors (Lipinski definition) is 1. The Labute approximate surface area is 56.6 Å². The van der Waals surface area contributed by atoms with Crippen LogP contribution in [0.15, 0.2) is 0 Å². The fourth-order valence-electron chi connectivity index (χ4n) is 2.74. The van der Waals surface area contributed by atoms with Crippen molar-refractivity contribution in [2.75, 3.05) is 0 Å². The first-order valence-electron chi connectivity index (χ1n) is 4.04. The molecule has 2 N–H and O–H groups in total. The van der Waals surface area contributed by atoms with Gasteiger partial charge in [-0.1, -0.05) is 6.92 Å². The Morgan fingerprint density at radius 2 is 2.11 bits per heavy atom. The molecule has 1 heteroatoms. The summed E-state index contributed by atoms with van der Waals surface area (Å²) in [4.78, 5) is 0. The third-order valence-electron chi connectivity index (χ3n) is 3.24. The highest BCUT2D eigenvalue weighted by atomic mass is 14.7. The lowest BCUT2D eigenvalue weighted by Crippen LogP contribution is -2.40. The maximum atomic E-state index is 5.91. The van der Waals surface area contributed by atoms with E-state index in [4.69, 9.17) is 5.73 Å². The van der Waals surface area contributed by atoms with Crippen LogP contribution in [-0.2, 0) is 0 Å². The molecule has 2 aliphatic carbocycles. The summed E-state index contributed by atoms with van der Waals surface area (Å²) >= 11 is 0. The molecule has 0 radical (unpaired) electrons. The summed E-state index contributed by atoms with van der Waals surface area (Å²) in [6, 6.07) is 0.554. The minimum Gasteiger partial charge on any atom is -0.327 e. The molecular weight excluding hydrogens is 110 g/mol. The second-order valence-electron chi connectivity index (χ2n) is 3.79. The average Bonchev–Trinajstić information content (AvgIpc) is 2.04. The Bertz CT molecular complexity index is 113. The van der Waals surface area contributed by atoms with Crippen LogP contribution in [0.1, 0.15) is 26.2 Å². The summed E-state index contributed by atoms with van der Waals surface area (Å²) in [5, 5.41) is 0. The quantitative estimate of drug-likeness (QED) is 0.520. The summed E-state index contributed by atoms with van der Waals surface area (Å²) in [6.45, 7) is 2.34. The molecule has 9 heavy (non-hydrogen) atoms. The zero-order chi connectivity index (χ0) is 6.43. The minimum atomic E-state index is 0.554. The summed E-state index contributed by atoms with van der Waals surface area (Å²) in [5.74, 6) is 2.87. The zero-order valence-electron chi connectivity index (χ0n) is 6.01. The summed E-state index contributed by atoms with van der Waals surface area (Å²) in [7, 11) is 0. The summed E-state index contributed by atoms with van der Waals surface area (Å²) in [6.07, 6.45) is 4.16. The van der Waals surface area contributed by atoms with Crippen LogP contribution in [-0.4, -0.2) is 6.04 Å². The SMILES string of the molecule is CC1CC2CCC(N)C12. The average molecular weight is 125 g/mol. The minimum absolute atomic E-state index is 0.554. The van der Waals surface area contributed by atoms with Crippen molar-refractivity contribution in [3.63, 3.8) is 0 Å². The molecule has 2 saturated carbocycles. The third kappa shape index (κ3) is 0.644. The molecule has 0 spiro atoms. The van der Waals surface area contributed by atoms with E-state index in [1.165, 1.54) is 19.3 Å². The predicted octanol–water partition coefficient (Wildman–Crippen LogP) is 1.38. The number of fused-ring (bicyclic) bond motifs is 1. The maximum Gasteiger partial charge on any atom is 0.00724 e. The number of rotatable bonds is 0. The summed E-state index contributed by atoms with van der Waals surface area (Å²) in [5.41, 5.74) is 5.91. The fraction of sp³-hybridized carbons (Fsp3) is 1.00. The number of nitrogens with two attached hydrogens (primary N) is 1. The first-order valence-corrected chi connectivity index (χ1v) is 4.04. The maximum absolute atomic E-state index is 5.91. The molecule has 2 rings (SSSR count). The molecular formula is C8H15N. The van der Waals surface area contributed by atoms with Crippen LogP contribution in [0.25, 0.3) is 0 Å². The van der Waals surface area contributed by atoms with E-state index < -0.39 is 0 Å². The number of hydrogen-bond acceptors (Lipinski definition) is 1. The molecule has 0 heterocycles. The Morgan fingerprint density at radius 3 is 2.56 bits per heavy atom. The van der Waals surface area contributed by atoms with E-state index in [2.05, 4.69) is 6.92 Å². The van der Waals surface area contributed by atoms with E-state index >= 15 is 0 Å². The molecule has 2 aliphatic rings. The van der Waals surface area contributed by atoms with Gasteiger partial charge in [0.15, 0.2) is 0 Å². The first-order chi connectivity index (χ1) is 4.29. The molecule has 2 fully saturated rings. The lowest BCUT2D eigenvalue weighted by Gasteiger charge is -2.40. The first kappa shape index (κ1) is 5.72. The van der Waals surface area contributed by atoms with Gasteiger partial charge < -0.3 is 5.73 Å². The molecule has 4 atom stereocenters. The van der Waals surface area contributed by atoms with Gasteiger partial charge in [0.25, 0.3) is 0 Å². The van der Waals surface area contributed by atoms with Crippen LogP contribution >= 0.6 is 0 Å². The molecule has 0 bridgehead atoms. The van der Waals surface area contributed by atoms with Crippen molar-refractivity contribution in [1.82, 2.24) is 0 Å². The molecule has 0 aromatic rings. The fourth-order valence-corrected chi connectivity index (χ4v) is 2.74. The normalized spacial score (nSPS) is 56.7. The lowest BCUT2D eigenvalue weighted by molar-refractivity contribution is 0.108. The van der Waals surface area contributed by atoms with Gasteiger partial charge in [-0.3, -0.25) is 0 Å². The molecule has 52 valence electrons. The zero-order valence-corrected chi connectivity index (χ0v) is 6.01. The second-order valence-corrected chi connectivity index (χ2v) is 3.79. The highest BCUT2D eigenvalue weighted by molar-refractivity contribution is 4.98. The van der Waals surface area contributed by atoms with Gasteiger partial charge in [0.1, 0.15) is 0 Å². The molecule has 0 amide bonds. The van der Waals surface area contributed by atoms with Crippen molar-refractivity contribution in [3.05, 3.63) is 0 Å². The van der Waals surface area contributed by atoms with Gasteiger partial charge in [-0.2, -0.15) is 0 Å². The molecule has 0 aliphatic heterocycles. The van der Waals surface area contributed by atoms with Gasteiger partial charge in [0, 0.05) is 6.04 Å². The second kappa shape index (κ2) is 1.72. The van der Waals surface area contributed by atoms with Gasteiger partial charge in [-0.25, -0.2) is 0 Å². The van der Waals surface area contributed by atoms with Gasteiger partial charge >= 0.3 is 0 Å². The van der Waals surface area contributed by atoms with Crippen LogP contribution in [0.5, 0.6) is 0 Å². The van der Waals surface area contributed by atoms with Gasteiger partial charge in [0.05, 0.1) is 0 Å². The molecule has 0 aromatic heterocycles. The van der Waals surface area contributed by atoms with Crippen molar-refractivity contribution >= 4 is 0 Å². The van der Waals surface area contributed by atoms with Gasteiger partial charge in [0.2, 0.25) is 0 Å². The van der Waals surface area contributed by atoms with E-state index in [0.717, 1.165) is 17.8 Å². The highest BCUT2D eigenvalue weighted by Gasteiger charge is 2.45. The molecule has 0 aromatic carbocycles. The van der Waals surface area contributed by atoms with Crippen LogP contribution in [0, 0.1) is 17.8 Å². The summed E-state index contributed by atoms with van der Waals surface area (Å²) < 4.78 is 0. The molecule has 1 nitrogen and oxygen atoms in total. The topological polar surface area (TPSA) is 26.0 Å². The largest absolute Gasteiger partial charge is 0.327 e. The Balaban J connectivity index is 2.06. The van der Waals surface area contributed by atoms with Crippen LogP contribution in [0.3, 0.4) is 0 Å². The van der Waals surface area contributed by atoms with E-state index in [0.29, 0.717) is 6.04 Å². The van der Waals surface area contributed by atoms with Crippen molar-refractivity contribution in [3.8, 4) is 0 Å². The lowest BCUT2D eigenvalue weighted by atomic mass is 9.67. The standard InChI is InChI=1S/C8H15N/c1-5-4-6-2-3-7(9)8(5)6/h5-8H,2-4,9H2,1H3. The van der Waals surface area contributed by atoms with E-state index in [1.807, 2.05) is 0 Å². The van der Waals surface area contributed by atoms with Crippen LogP contribution in [0.2, 0.25) is 0 Å². The van der Waals surface area contributed by atoms with E-state index in [1.54, 1.807) is 0 Å². The van der Waals surface area contributed by atoms with Gasteiger partial charge in [-0.05, 0) is 37.0 Å². The van der Waals surface area contributed by atoms with E-state index in [9.17, 15) is 0 Å². The van der Waals surface area contributed by atoms with Gasteiger partial charge in [-0.15, -0.1) is 0 Å². The van der Waals surface area contributed by atoms with Crippen molar-refractivity contribution < 1.29 is 0 Å². The molecule has 0 saturated heterocycles. The van der Waals surface area contributed by atoms with Crippen molar-refractivity contribution in [1.29, 1.82) is 0 Å². The third-order valence-corrected chi connectivity index (χ3v) is 3.24. The molecule has 4 unspecified atom stereocenters. The Kier molecular flexibility index (Phi) is 1.10. The van der Waals surface area contributed by atoms with Crippen LogP contribution in [0.4, 0.5) is 0 Å². The Hall–Kier alpha value is -0.0400. The van der Waals surface area contributed by atoms with Crippen molar-refractivity contribution in [2.24, 2.45) is 23.5 Å². The Morgan fingerprint density at radius 1 is 1.33 bits per heavy atom. The predicted molar refractivity (Wildman–Crippen MR) is 38.0 cm³/mol. The smallest absolute Gasteiger partial charge is 0.00724 e. The highest BCUT2D eigenvalue weighted by Crippen LogP contribution is 2.49. The van der Waals surface area contributed by atoms with Crippen molar-refractivity contribution in [2.45, 2.75) is 32.2 Å².